The molecule has 2 aliphatic heterocycles. The van der Waals surface area contributed by atoms with Crippen LogP contribution in [-0.4, -0.2) is 49.3 Å². The van der Waals surface area contributed by atoms with Crippen molar-refractivity contribution in [3.8, 4) is 0 Å². The van der Waals surface area contributed by atoms with Crippen LogP contribution in [0, 0.1) is 0 Å². The summed E-state index contributed by atoms with van der Waals surface area (Å²) in [7, 11) is 0. The van der Waals surface area contributed by atoms with Crippen LogP contribution in [0.25, 0.3) is 0 Å². The summed E-state index contributed by atoms with van der Waals surface area (Å²) in [6.45, 7) is 9.77. The van der Waals surface area contributed by atoms with E-state index in [1.807, 2.05) is 0 Å². The van der Waals surface area contributed by atoms with Crippen molar-refractivity contribution < 1.29 is 4.74 Å². The molecule has 0 atom stereocenters. The predicted molar refractivity (Wildman–Crippen MR) is 48.3 cm³/mol. The molecule has 0 aromatic heterocycles. The van der Waals surface area contributed by atoms with Gasteiger partial charge in [-0.15, -0.1) is 0 Å². The Labute approximate surface area is 74.1 Å². The molecule has 2 heterocycles. The topological polar surface area (TPSA) is 24.5 Å². The Balaban J connectivity index is 1.94. The first-order valence-corrected chi connectivity index (χ1v) is 4.79. The monoisotopic (exact) mass is 170 g/mol. The second-order valence-electron chi connectivity index (χ2n) is 4.26. The van der Waals surface area contributed by atoms with Gasteiger partial charge in [-0.25, -0.2) is 0 Å². The summed E-state index contributed by atoms with van der Waals surface area (Å²) in [6.07, 6.45) is 0. The molecule has 0 amide bonds. The van der Waals surface area contributed by atoms with Crippen LogP contribution >= 0.6 is 0 Å². The van der Waals surface area contributed by atoms with Crippen molar-refractivity contribution in [2.24, 2.45) is 0 Å². The molecule has 2 saturated heterocycles. The van der Waals surface area contributed by atoms with Crippen molar-refractivity contribution in [1.29, 1.82) is 0 Å². The first-order valence-electron chi connectivity index (χ1n) is 4.79. The van der Waals surface area contributed by atoms with Gasteiger partial charge in [-0.1, -0.05) is 0 Å². The fourth-order valence-electron chi connectivity index (χ4n) is 1.97. The van der Waals surface area contributed by atoms with Crippen molar-refractivity contribution in [2.45, 2.75) is 25.4 Å². The predicted octanol–water partition coefficient (Wildman–Crippen LogP) is 0.0690. The summed E-state index contributed by atoms with van der Waals surface area (Å²) < 4.78 is 5.25. The summed E-state index contributed by atoms with van der Waals surface area (Å²) in [5, 5.41) is 3.55. The minimum Gasteiger partial charge on any atom is -0.377 e. The minimum absolute atomic E-state index is 0.308. The van der Waals surface area contributed by atoms with Gasteiger partial charge in [-0.2, -0.15) is 0 Å². The SMILES string of the molecule is CC(C)N1CCNC2(COC2)C1. The Morgan fingerprint density at radius 2 is 2.17 bits per heavy atom. The molecule has 1 spiro atoms. The second kappa shape index (κ2) is 2.98. The first-order chi connectivity index (χ1) is 5.72. The number of hydrogen-bond donors (Lipinski definition) is 1. The van der Waals surface area contributed by atoms with Crippen molar-refractivity contribution >= 4 is 0 Å². The van der Waals surface area contributed by atoms with Gasteiger partial charge in [-0.3, -0.25) is 4.90 Å². The highest BCUT2D eigenvalue weighted by Crippen LogP contribution is 2.21. The Hall–Kier alpha value is -0.120. The molecule has 0 saturated carbocycles. The molecule has 1 N–H and O–H groups in total. The van der Waals surface area contributed by atoms with Crippen molar-refractivity contribution in [3.63, 3.8) is 0 Å². The Morgan fingerprint density at radius 1 is 1.42 bits per heavy atom. The molecular weight excluding hydrogens is 152 g/mol. The van der Waals surface area contributed by atoms with E-state index in [9.17, 15) is 0 Å². The summed E-state index contributed by atoms with van der Waals surface area (Å²) in [5.74, 6) is 0. The molecule has 70 valence electrons. The summed E-state index contributed by atoms with van der Waals surface area (Å²) in [5.41, 5.74) is 0.308. The van der Waals surface area contributed by atoms with Crippen LogP contribution in [0.2, 0.25) is 0 Å². The lowest BCUT2D eigenvalue weighted by atomic mass is 9.94. The molecule has 0 aromatic carbocycles. The lowest BCUT2D eigenvalue weighted by Crippen LogP contribution is -2.70. The summed E-state index contributed by atoms with van der Waals surface area (Å²) >= 11 is 0. The third kappa shape index (κ3) is 1.37. The van der Waals surface area contributed by atoms with Gasteiger partial charge in [0.15, 0.2) is 0 Å². The van der Waals surface area contributed by atoms with E-state index >= 15 is 0 Å². The van der Waals surface area contributed by atoms with Crippen molar-refractivity contribution in [1.82, 2.24) is 10.2 Å². The van der Waals surface area contributed by atoms with E-state index in [2.05, 4.69) is 24.1 Å². The zero-order valence-electron chi connectivity index (χ0n) is 7.97. The van der Waals surface area contributed by atoms with E-state index in [0.717, 1.165) is 26.3 Å². The Bertz CT molecular complexity index is 166. The van der Waals surface area contributed by atoms with Crippen LogP contribution in [-0.2, 0) is 4.74 Å². The molecule has 0 unspecified atom stereocenters. The molecular formula is C9H18N2O. The maximum Gasteiger partial charge on any atom is 0.0782 e. The van der Waals surface area contributed by atoms with E-state index in [1.165, 1.54) is 6.54 Å². The van der Waals surface area contributed by atoms with Gasteiger partial charge in [-0.05, 0) is 13.8 Å². The minimum atomic E-state index is 0.308. The molecule has 0 radical (unpaired) electrons. The number of nitrogens with one attached hydrogen (secondary N) is 1. The number of hydrogen-bond acceptors (Lipinski definition) is 3. The third-order valence-corrected chi connectivity index (χ3v) is 2.89. The summed E-state index contributed by atoms with van der Waals surface area (Å²) in [6, 6.07) is 0.671. The van der Waals surface area contributed by atoms with Crippen LogP contribution < -0.4 is 5.32 Å². The van der Waals surface area contributed by atoms with Crippen molar-refractivity contribution in [3.05, 3.63) is 0 Å². The van der Waals surface area contributed by atoms with E-state index in [0.29, 0.717) is 11.6 Å². The molecule has 2 rings (SSSR count). The van der Waals surface area contributed by atoms with Crippen LogP contribution in [0.5, 0.6) is 0 Å². The van der Waals surface area contributed by atoms with Crippen LogP contribution in [0.4, 0.5) is 0 Å². The zero-order chi connectivity index (χ0) is 8.60. The zero-order valence-corrected chi connectivity index (χ0v) is 7.97. The van der Waals surface area contributed by atoms with E-state index in [4.69, 9.17) is 4.74 Å². The average molecular weight is 170 g/mol. The van der Waals surface area contributed by atoms with Crippen LogP contribution in [0.3, 0.4) is 0 Å². The number of nitrogens with zero attached hydrogens (tertiary/aromatic N) is 1. The lowest BCUT2D eigenvalue weighted by molar-refractivity contribution is -0.104. The molecule has 3 nitrogen and oxygen atoms in total. The smallest absolute Gasteiger partial charge is 0.0782 e. The quantitative estimate of drug-likeness (QED) is 0.602. The maximum atomic E-state index is 5.25. The van der Waals surface area contributed by atoms with Gasteiger partial charge in [0.1, 0.15) is 0 Å². The number of rotatable bonds is 1. The van der Waals surface area contributed by atoms with Gasteiger partial charge >= 0.3 is 0 Å². The molecule has 0 aromatic rings. The number of piperazine rings is 1. The fraction of sp³-hybridized carbons (Fsp3) is 1.00. The molecule has 2 aliphatic rings. The molecule has 2 fully saturated rings. The second-order valence-corrected chi connectivity index (χ2v) is 4.26. The highest BCUT2D eigenvalue weighted by atomic mass is 16.5. The van der Waals surface area contributed by atoms with Crippen molar-refractivity contribution in [2.75, 3.05) is 32.8 Å². The molecule has 12 heavy (non-hydrogen) atoms. The Kier molecular flexibility index (Phi) is 2.10. The van der Waals surface area contributed by atoms with E-state index < -0.39 is 0 Å². The van der Waals surface area contributed by atoms with Gasteiger partial charge in [0, 0.05) is 25.7 Å². The standard InChI is InChI=1S/C9H18N2O/c1-8(2)11-4-3-10-9(5-11)6-12-7-9/h8,10H,3-7H2,1-2H3. The third-order valence-electron chi connectivity index (χ3n) is 2.89. The van der Waals surface area contributed by atoms with Crippen LogP contribution in [0.1, 0.15) is 13.8 Å². The van der Waals surface area contributed by atoms with Gasteiger partial charge < -0.3 is 10.1 Å². The highest BCUT2D eigenvalue weighted by molar-refractivity contribution is 5.00. The van der Waals surface area contributed by atoms with Gasteiger partial charge in [0.05, 0.1) is 18.8 Å². The Morgan fingerprint density at radius 3 is 2.67 bits per heavy atom. The molecule has 0 bridgehead atoms. The highest BCUT2D eigenvalue weighted by Gasteiger charge is 2.42. The van der Waals surface area contributed by atoms with Crippen LogP contribution in [0.15, 0.2) is 0 Å². The first kappa shape index (κ1) is 8.48. The van der Waals surface area contributed by atoms with Gasteiger partial charge in [0.2, 0.25) is 0 Å². The largest absolute Gasteiger partial charge is 0.377 e. The van der Waals surface area contributed by atoms with E-state index in [-0.39, 0.29) is 0 Å². The normalized spacial score (nSPS) is 29.2. The molecule has 3 heteroatoms. The lowest BCUT2D eigenvalue weighted by Gasteiger charge is -2.50. The molecule has 0 aliphatic carbocycles. The van der Waals surface area contributed by atoms with Gasteiger partial charge in [0.25, 0.3) is 0 Å². The number of ether oxygens (including phenoxy) is 1. The maximum absolute atomic E-state index is 5.25. The summed E-state index contributed by atoms with van der Waals surface area (Å²) in [4.78, 5) is 2.53. The van der Waals surface area contributed by atoms with E-state index in [1.54, 1.807) is 0 Å². The average Bonchev–Trinajstić information content (AvgIpc) is 2.02. The fourth-order valence-corrected chi connectivity index (χ4v) is 1.97.